The predicted octanol–water partition coefficient (Wildman–Crippen LogP) is 1.92. The molecule has 2 aromatic rings. The molecule has 1 fully saturated rings. The molecule has 0 aliphatic carbocycles. The van der Waals surface area contributed by atoms with Crippen LogP contribution < -0.4 is 5.73 Å². The molecule has 3 rings (SSSR count). The van der Waals surface area contributed by atoms with Gasteiger partial charge in [-0.3, -0.25) is 9.36 Å². The summed E-state index contributed by atoms with van der Waals surface area (Å²) in [6.07, 6.45) is 3.98. The summed E-state index contributed by atoms with van der Waals surface area (Å²) in [6, 6.07) is 0. The minimum Gasteiger partial charge on any atom is -0.463 e. The smallest absolute Gasteiger partial charge is 0.306 e. The fourth-order valence-electron chi connectivity index (χ4n) is 3.00. The highest BCUT2D eigenvalue weighted by molar-refractivity contribution is 5.81. The van der Waals surface area contributed by atoms with E-state index in [4.69, 9.17) is 15.2 Å². The van der Waals surface area contributed by atoms with Gasteiger partial charge in [-0.05, 0) is 12.3 Å². The van der Waals surface area contributed by atoms with Crippen LogP contribution in [0, 0.1) is 11.8 Å². The van der Waals surface area contributed by atoms with Crippen LogP contribution in [0.3, 0.4) is 0 Å². The molecule has 130 valence electrons. The highest BCUT2D eigenvalue weighted by Gasteiger charge is 2.35. The molecule has 0 radical (unpaired) electrons. The summed E-state index contributed by atoms with van der Waals surface area (Å²) in [4.78, 5) is 24.2. The summed E-state index contributed by atoms with van der Waals surface area (Å²) in [5, 5.41) is 0. The Bertz CT molecular complexity index is 730. The minimum atomic E-state index is -0.210. The normalized spacial score (nSPS) is 23.9. The molecule has 0 bridgehead atoms. The van der Waals surface area contributed by atoms with Gasteiger partial charge in [0.25, 0.3) is 0 Å². The van der Waals surface area contributed by atoms with Gasteiger partial charge in [-0.2, -0.15) is 0 Å². The first-order valence-corrected chi connectivity index (χ1v) is 8.19. The molecule has 8 nitrogen and oxygen atoms in total. The molecule has 1 saturated heterocycles. The van der Waals surface area contributed by atoms with E-state index in [-0.39, 0.29) is 36.7 Å². The van der Waals surface area contributed by atoms with Gasteiger partial charge in [0.2, 0.25) is 0 Å². The van der Waals surface area contributed by atoms with E-state index in [0.717, 1.165) is 6.42 Å². The Morgan fingerprint density at radius 2 is 2.25 bits per heavy atom. The number of hydrogen-bond donors (Lipinski definition) is 1. The standard InChI is InChI=1S/C16H23N5O3/c1-9(2)4-12(22)23-6-11-5-10(3)16(24-11)21-8-20-13-14(17)18-7-19-15(13)21/h7-11,16H,4-6H2,1-3H3,(H2,17,18,19)/t10-,11?,16+/m0/s1. The molecule has 3 atom stereocenters. The minimum absolute atomic E-state index is 0.127. The predicted molar refractivity (Wildman–Crippen MR) is 87.8 cm³/mol. The zero-order chi connectivity index (χ0) is 17.3. The monoisotopic (exact) mass is 333 g/mol. The van der Waals surface area contributed by atoms with Crippen molar-refractivity contribution in [1.29, 1.82) is 0 Å². The molecule has 0 amide bonds. The van der Waals surface area contributed by atoms with E-state index in [2.05, 4.69) is 21.9 Å². The van der Waals surface area contributed by atoms with Gasteiger partial charge in [0.1, 0.15) is 24.7 Å². The van der Waals surface area contributed by atoms with Crippen molar-refractivity contribution in [2.24, 2.45) is 11.8 Å². The lowest BCUT2D eigenvalue weighted by Crippen LogP contribution is -2.20. The summed E-state index contributed by atoms with van der Waals surface area (Å²) in [7, 11) is 0. The van der Waals surface area contributed by atoms with Crippen molar-refractivity contribution in [3.05, 3.63) is 12.7 Å². The van der Waals surface area contributed by atoms with Crippen molar-refractivity contribution < 1.29 is 14.3 Å². The molecular formula is C16H23N5O3. The van der Waals surface area contributed by atoms with Crippen LogP contribution in [0.4, 0.5) is 5.82 Å². The van der Waals surface area contributed by atoms with Gasteiger partial charge in [0, 0.05) is 12.3 Å². The van der Waals surface area contributed by atoms with Crippen LogP contribution in [0.1, 0.15) is 39.8 Å². The Hall–Kier alpha value is -2.22. The van der Waals surface area contributed by atoms with Crippen LogP contribution in [-0.2, 0) is 14.3 Å². The summed E-state index contributed by atoms with van der Waals surface area (Å²) >= 11 is 0. The second-order valence-electron chi connectivity index (χ2n) is 6.73. The number of hydrogen-bond acceptors (Lipinski definition) is 7. The maximum atomic E-state index is 11.7. The fourth-order valence-corrected chi connectivity index (χ4v) is 3.00. The average molecular weight is 333 g/mol. The molecular weight excluding hydrogens is 310 g/mol. The van der Waals surface area contributed by atoms with E-state index < -0.39 is 0 Å². The number of anilines is 1. The van der Waals surface area contributed by atoms with E-state index in [0.29, 0.717) is 23.4 Å². The first-order valence-electron chi connectivity index (χ1n) is 8.19. The highest BCUT2D eigenvalue weighted by atomic mass is 16.6. The van der Waals surface area contributed by atoms with Crippen molar-refractivity contribution >= 4 is 23.0 Å². The number of nitrogens with two attached hydrogens (primary N) is 1. The van der Waals surface area contributed by atoms with Gasteiger partial charge >= 0.3 is 5.97 Å². The van der Waals surface area contributed by atoms with Crippen LogP contribution in [0.2, 0.25) is 0 Å². The van der Waals surface area contributed by atoms with Crippen LogP contribution in [0.25, 0.3) is 11.2 Å². The second-order valence-corrected chi connectivity index (χ2v) is 6.73. The molecule has 1 aliphatic heterocycles. The molecule has 1 aliphatic rings. The van der Waals surface area contributed by atoms with Gasteiger partial charge < -0.3 is 15.2 Å². The number of nitrogens with zero attached hydrogens (tertiary/aromatic N) is 4. The zero-order valence-corrected chi connectivity index (χ0v) is 14.2. The number of aromatic nitrogens is 4. The number of imidazole rings is 1. The molecule has 24 heavy (non-hydrogen) atoms. The summed E-state index contributed by atoms with van der Waals surface area (Å²) in [5.74, 6) is 0.699. The number of ether oxygens (including phenoxy) is 2. The topological polar surface area (TPSA) is 105 Å². The first-order chi connectivity index (χ1) is 11.5. The lowest BCUT2D eigenvalue weighted by atomic mass is 10.1. The molecule has 3 heterocycles. The van der Waals surface area contributed by atoms with Gasteiger partial charge in [-0.25, -0.2) is 15.0 Å². The van der Waals surface area contributed by atoms with Crippen LogP contribution in [-0.4, -0.2) is 38.2 Å². The van der Waals surface area contributed by atoms with E-state index >= 15 is 0 Å². The third-order valence-electron chi connectivity index (χ3n) is 4.12. The van der Waals surface area contributed by atoms with Gasteiger partial charge in [0.15, 0.2) is 11.5 Å². The Morgan fingerprint density at radius 3 is 3.00 bits per heavy atom. The Balaban J connectivity index is 1.67. The maximum Gasteiger partial charge on any atom is 0.306 e. The summed E-state index contributed by atoms with van der Waals surface area (Å²) < 4.78 is 13.3. The van der Waals surface area contributed by atoms with Crippen molar-refractivity contribution in [1.82, 2.24) is 19.5 Å². The molecule has 8 heteroatoms. The van der Waals surface area contributed by atoms with E-state index in [1.54, 1.807) is 6.33 Å². The zero-order valence-electron chi connectivity index (χ0n) is 14.2. The molecule has 0 aromatic carbocycles. The Labute approximate surface area is 140 Å². The van der Waals surface area contributed by atoms with Crippen LogP contribution >= 0.6 is 0 Å². The average Bonchev–Trinajstić information content (AvgIpc) is 3.08. The number of rotatable bonds is 5. The number of carbonyl (C=O) groups is 1. The lowest BCUT2D eigenvalue weighted by Gasteiger charge is -2.17. The Morgan fingerprint density at radius 1 is 1.46 bits per heavy atom. The van der Waals surface area contributed by atoms with Crippen molar-refractivity contribution in [2.75, 3.05) is 12.3 Å². The maximum absolute atomic E-state index is 11.7. The summed E-state index contributed by atoms with van der Waals surface area (Å²) in [5.41, 5.74) is 7.04. The first kappa shape index (κ1) is 16.6. The number of carbonyl (C=O) groups excluding carboxylic acids is 1. The quantitative estimate of drug-likeness (QED) is 0.833. The van der Waals surface area contributed by atoms with Gasteiger partial charge in [0.05, 0.1) is 12.4 Å². The van der Waals surface area contributed by atoms with Crippen molar-refractivity contribution in [2.45, 2.75) is 45.9 Å². The van der Waals surface area contributed by atoms with Gasteiger partial charge in [-0.1, -0.05) is 20.8 Å². The lowest BCUT2D eigenvalue weighted by molar-refractivity contribution is -0.149. The molecule has 0 saturated carbocycles. The van der Waals surface area contributed by atoms with E-state index in [1.165, 1.54) is 6.33 Å². The van der Waals surface area contributed by atoms with Crippen molar-refractivity contribution in [3.8, 4) is 0 Å². The fraction of sp³-hybridized carbons (Fsp3) is 0.625. The Kier molecular flexibility index (Phi) is 4.66. The third kappa shape index (κ3) is 3.33. The van der Waals surface area contributed by atoms with Gasteiger partial charge in [-0.15, -0.1) is 0 Å². The van der Waals surface area contributed by atoms with Crippen LogP contribution in [0.15, 0.2) is 12.7 Å². The van der Waals surface area contributed by atoms with E-state index in [9.17, 15) is 4.79 Å². The van der Waals surface area contributed by atoms with Crippen molar-refractivity contribution in [3.63, 3.8) is 0 Å². The van der Waals surface area contributed by atoms with Crippen LogP contribution in [0.5, 0.6) is 0 Å². The highest BCUT2D eigenvalue weighted by Crippen LogP contribution is 2.36. The molecule has 1 unspecified atom stereocenters. The third-order valence-corrected chi connectivity index (χ3v) is 4.12. The molecule has 2 aromatic heterocycles. The number of esters is 1. The number of fused-ring (bicyclic) bond motifs is 1. The number of nitrogen functional groups attached to an aromatic ring is 1. The molecule has 0 spiro atoms. The summed E-state index contributed by atoms with van der Waals surface area (Å²) in [6.45, 7) is 6.35. The SMILES string of the molecule is CC(C)CC(=O)OCC1C[C@H](C)[C@H](n2cnc3c(N)ncnc32)O1. The second kappa shape index (κ2) is 6.72. The van der Waals surface area contributed by atoms with E-state index in [1.807, 2.05) is 18.4 Å². The molecule has 2 N–H and O–H groups in total. The largest absolute Gasteiger partial charge is 0.463 e.